The van der Waals surface area contributed by atoms with Crippen LogP contribution >= 0.6 is 27.3 Å². The Kier molecular flexibility index (Phi) is 6.22. The maximum absolute atomic E-state index is 3.78. The average Bonchev–Trinajstić information content (AvgIpc) is 2.65. The van der Waals surface area contributed by atoms with Crippen LogP contribution in [0.5, 0.6) is 0 Å². The summed E-state index contributed by atoms with van der Waals surface area (Å²) in [7, 11) is 0. The molecule has 0 aliphatic heterocycles. The fourth-order valence-electron chi connectivity index (χ4n) is 1.48. The van der Waals surface area contributed by atoms with Gasteiger partial charge in [-0.2, -0.15) is 0 Å². The van der Waals surface area contributed by atoms with Gasteiger partial charge in [0.25, 0.3) is 0 Å². The first-order valence-corrected chi connectivity index (χ1v) is 7.04. The summed E-state index contributed by atoms with van der Waals surface area (Å²) >= 11 is 5.41. The Morgan fingerprint density at radius 1 is 1.67 bits per heavy atom. The topological polar surface area (TPSA) is 12.0 Å². The standard InChI is InChI=1S/C12H18BrNS/c1-3-5-6-11(14-8-4-2)12-10(13)7-9-15-12/h3,7,9,11,14H,1,4-6,8H2,2H3. The number of allylic oxidation sites excluding steroid dienone is 1. The third kappa shape index (κ3) is 4.09. The Bertz CT molecular complexity index is 296. The van der Waals surface area contributed by atoms with Gasteiger partial charge in [-0.05, 0) is 53.2 Å². The second-order valence-corrected chi connectivity index (χ2v) is 5.31. The molecule has 1 N–H and O–H groups in total. The van der Waals surface area contributed by atoms with E-state index in [0.717, 1.165) is 19.4 Å². The summed E-state index contributed by atoms with van der Waals surface area (Å²) in [5.41, 5.74) is 0. The van der Waals surface area contributed by atoms with Crippen molar-refractivity contribution in [1.82, 2.24) is 5.32 Å². The highest BCUT2D eigenvalue weighted by atomic mass is 79.9. The number of hydrogen-bond donors (Lipinski definition) is 1. The summed E-state index contributed by atoms with van der Waals surface area (Å²) in [6.45, 7) is 7.05. The second-order valence-electron chi connectivity index (χ2n) is 3.51. The minimum Gasteiger partial charge on any atom is -0.309 e. The van der Waals surface area contributed by atoms with Gasteiger partial charge in [0.15, 0.2) is 0 Å². The molecule has 1 aromatic rings. The lowest BCUT2D eigenvalue weighted by atomic mass is 10.1. The average molecular weight is 288 g/mol. The largest absolute Gasteiger partial charge is 0.309 e. The van der Waals surface area contributed by atoms with E-state index in [4.69, 9.17) is 0 Å². The van der Waals surface area contributed by atoms with Crippen molar-refractivity contribution < 1.29 is 0 Å². The molecule has 0 bridgehead atoms. The quantitative estimate of drug-likeness (QED) is 0.727. The minimum absolute atomic E-state index is 0.470. The van der Waals surface area contributed by atoms with Gasteiger partial charge in [-0.15, -0.1) is 17.9 Å². The van der Waals surface area contributed by atoms with Crippen LogP contribution in [0, 0.1) is 0 Å². The van der Waals surface area contributed by atoms with Gasteiger partial charge < -0.3 is 5.32 Å². The first kappa shape index (κ1) is 12.9. The molecule has 0 saturated carbocycles. The van der Waals surface area contributed by atoms with Crippen LogP contribution in [-0.4, -0.2) is 6.54 Å². The highest BCUT2D eigenvalue weighted by Gasteiger charge is 2.13. The third-order valence-corrected chi connectivity index (χ3v) is 4.25. The predicted molar refractivity (Wildman–Crippen MR) is 72.5 cm³/mol. The molecule has 15 heavy (non-hydrogen) atoms. The van der Waals surface area contributed by atoms with E-state index in [1.807, 2.05) is 17.4 Å². The Hall–Kier alpha value is -0.120. The highest BCUT2D eigenvalue weighted by molar-refractivity contribution is 9.10. The number of hydrogen-bond acceptors (Lipinski definition) is 2. The van der Waals surface area contributed by atoms with Crippen LogP contribution in [0.4, 0.5) is 0 Å². The van der Waals surface area contributed by atoms with E-state index in [2.05, 4.69) is 46.2 Å². The Morgan fingerprint density at radius 3 is 3.00 bits per heavy atom. The van der Waals surface area contributed by atoms with E-state index >= 15 is 0 Å². The smallest absolute Gasteiger partial charge is 0.0429 e. The van der Waals surface area contributed by atoms with Gasteiger partial charge in [-0.25, -0.2) is 0 Å². The van der Waals surface area contributed by atoms with Gasteiger partial charge in [0, 0.05) is 15.4 Å². The van der Waals surface area contributed by atoms with Gasteiger partial charge in [0.05, 0.1) is 0 Å². The van der Waals surface area contributed by atoms with Gasteiger partial charge >= 0.3 is 0 Å². The molecule has 1 nitrogen and oxygen atoms in total. The molecule has 0 aliphatic carbocycles. The number of rotatable bonds is 7. The summed E-state index contributed by atoms with van der Waals surface area (Å²) < 4.78 is 1.23. The van der Waals surface area contributed by atoms with Crippen LogP contribution < -0.4 is 5.32 Å². The first-order chi connectivity index (χ1) is 7.29. The second kappa shape index (κ2) is 7.20. The molecule has 1 heterocycles. The molecule has 0 aliphatic rings. The zero-order valence-electron chi connectivity index (χ0n) is 9.13. The van der Waals surface area contributed by atoms with Crippen LogP contribution in [0.3, 0.4) is 0 Å². The van der Waals surface area contributed by atoms with E-state index in [1.165, 1.54) is 15.8 Å². The lowest BCUT2D eigenvalue weighted by molar-refractivity contribution is 0.509. The highest BCUT2D eigenvalue weighted by Crippen LogP contribution is 2.31. The van der Waals surface area contributed by atoms with Crippen molar-refractivity contribution in [2.24, 2.45) is 0 Å². The lowest BCUT2D eigenvalue weighted by Crippen LogP contribution is -2.21. The molecule has 1 atom stereocenters. The third-order valence-electron chi connectivity index (χ3n) is 2.26. The molecule has 0 spiro atoms. The predicted octanol–water partition coefficient (Wildman–Crippen LogP) is 4.52. The normalized spacial score (nSPS) is 12.7. The summed E-state index contributed by atoms with van der Waals surface area (Å²) in [5.74, 6) is 0. The molecule has 3 heteroatoms. The van der Waals surface area contributed by atoms with Crippen molar-refractivity contribution in [1.29, 1.82) is 0 Å². The van der Waals surface area contributed by atoms with Crippen LogP contribution in [0.2, 0.25) is 0 Å². The van der Waals surface area contributed by atoms with E-state index in [0.29, 0.717) is 6.04 Å². The fourth-order valence-corrected chi connectivity index (χ4v) is 3.24. The number of nitrogens with one attached hydrogen (secondary N) is 1. The summed E-state index contributed by atoms with van der Waals surface area (Å²) in [6, 6.07) is 2.59. The van der Waals surface area contributed by atoms with Crippen LogP contribution in [0.15, 0.2) is 28.6 Å². The van der Waals surface area contributed by atoms with Crippen molar-refractivity contribution >= 4 is 27.3 Å². The molecular weight excluding hydrogens is 270 g/mol. The van der Waals surface area contributed by atoms with Gasteiger partial charge in [-0.1, -0.05) is 13.0 Å². The number of thiophene rings is 1. The molecule has 1 aromatic heterocycles. The molecule has 0 aromatic carbocycles. The Morgan fingerprint density at radius 2 is 2.47 bits per heavy atom. The van der Waals surface area contributed by atoms with Crippen molar-refractivity contribution in [3.8, 4) is 0 Å². The number of halogens is 1. The fraction of sp³-hybridized carbons (Fsp3) is 0.500. The summed E-state index contributed by atoms with van der Waals surface area (Å²) in [4.78, 5) is 1.41. The molecule has 0 saturated heterocycles. The maximum Gasteiger partial charge on any atom is 0.0429 e. The maximum atomic E-state index is 3.78. The molecule has 1 rings (SSSR count). The van der Waals surface area contributed by atoms with Crippen LogP contribution in [0.1, 0.15) is 37.1 Å². The molecule has 0 radical (unpaired) electrons. The van der Waals surface area contributed by atoms with E-state index in [1.54, 1.807) is 0 Å². The molecule has 1 unspecified atom stereocenters. The monoisotopic (exact) mass is 287 g/mol. The van der Waals surface area contributed by atoms with Gasteiger partial charge in [0.2, 0.25) is 0 Å². The Labute approximate surface area is 105 Å². The SMILES string of the molecule is C=CCCC(NCCC)c1sccc1Br. The summed E-state index contributed by atoms with van der Waals surface area (Å²) in [6.07, 6.45) is 5.35. The molecular formula is C12H18BrNS. The molecule has 0 fully saturated rings. The van der Waals surface area contributed by atoms with E-state index < -0.39 is 0 Å². The minimum atomic E-state index is 0.470. The Balaban J connectivity index is 2.62. The first-order valence-electron chi connectivity index (χ1n) is 5.36. The van der Waals surface area contributed by atoms with E-state index in [-0.39, 0.29) is 0 Å². The van der Waals surface area contributed by atoms with Crippen molar-refractivity contribution in [2.75, 3.05) is 6.54 Å². The molecule has 0 amide bonds. The van der Waals surface area contributed by atoms with Crippen molar-refractivity contribution in [2.45, 2.75) is 32.2 Å². The van der Waals surface area contributed by atoms with Crippen LogP contribution in [-0.2, 0) is 0 Å². The van der Waals surface area contributed by atoms with Crippen molar-refractivity contribution in [3.05, 3.63) is 33.5 Å². The zero-order chi connectivity index (χ0) is 11.1. The van der Waals surface area contributed by atoms with E-state index in [9.17, 15) is 0 Å². The molecule has 84 valence electrons. The van der Waals surface area contributed by atoms with Gasteiger partial charge in [-0.3, -0.25) is 0 Å². The van der Waals surface area contributed by atoms with Crippen LogP contribution in [0.25, 0.3) is 0 Å². The summed E-state index contributed by atoms with van der Waals surface area (Å²) in [5, 5.41) is 5.71. The zero-order valence-corrected chi connectivity index (χ0v) is 11.5. The van der Waals surface area contributed by atoms with Gasteiger partial charge in [0.1, 0.15) is 0 Å². The lowest BCUT2D eigenvalue weighted by Gasteiger charge is -2.17. The van der Waals surface area contributed by atoms with Crippen molar-refractivity contribution in [3.63, 3.8) is 0 Å².